The van der Waals surface area contributed by atoms with Gasteiger partial charge in [-0.2, -0.15) is 0 Å². The molecule has 1 amide bonds. The summed E-state index contributed by atoms with van der Waals surface area (Å²) in [4.78, 5) is 12.0. The SMILES string of the molecule is COCC(CCO)NC(=O)c1ccc(N)cc1C. The molecule has 0 spiro atoms. The van der Waals surface area contributed by atoms with Crippen LogP contribution in [0.4, 0.5) is 5.69 Å². The molecular weight excluding hydrogens is 232 g/mol. The van der Waals surface area contributed by atoms with Gasteiger partial charge >= 0.3 is 0 Å². The smallest absolute Gasteiger partial charge is 0.251 e. The van der Waals surface area contributed by atoms with Crippen LogP contribution in [0.5, 0.6) is 0 Å². The van der Waals surface area contributed by atoms with Crippen LogP contribution in [0.1, 0.15) is 22.3 Å². The summed E-state index contributed by atoms with van der Waals surface area (Å²) >= 11 is 0. The largest absolute Gasteiger partial charge is 0.399 e. The number of aliphatic hydroxyl groups is 1. The van der Waals surface area contributed by atoms with Gasteiger partial charge in [-0.25, -0.2) is 0 Å². The molecule has 4 N–H and O–H groups in total. The highest BCUT2D eigenvalue weighted by Crippen LogP contribution is 2.12. The quantitative estimate of drug-likeness (QED) is 0.651. The van der Waals surface area contributed by atoms with Crippen LogP contribution >= 0.6 is 0 Å². The summed E-state index contributed by atoms with van der Waals surface area (Å²) in [7, 11) is 1.56. The fourth-order valence-electron chi connectivity index (χ4n) is 1.76. The summed E-state index contributed by atoms with van der Waals surface area (Å²) in [5, 5.41) is 11.7. The Morgan fingerprint density at radius 2 is 2.28 bits per heavy atom. The van der Waals surface area contributed by atoms with Crippen molar-refractivity contribution in [1.82, 2.24) is 5.32 Å². The zero-order valence-corrected chi connectivity index (χ0v) is 10.8. The zero-order valence-electron chi connectivity index (χ0n) is 10.8. The molecule has 1 aromatic carbocycles. The summed E-state index contributed by atoms with van der Waals surface area (Å²) in [6, 6.07) is 4.96. The second kappa shape index (κ2) is 6.98. The molecule has 1 unspecified atom stereocenters. The minimum Gasteiger partial charge on any atom is -0.399 e. The van der Waals surface area contributed by atoms with E-state index in [1.807, 2.05) is 6.92 Å². The lowest BCUT2D eigenvalue weighted by molar-refractivity contribution is 0.0878. The van der Waals surface area contributed by atoms with Crippen molar-refractivity contribution in [1.29, 1.82) is 0 Å². The summed E-state index contributed by atoms with van der Waals surface area (Å²) in [5.74, 6) is -0.178. The Morgan fingerprint density at radius 3 is 2.83 bits per heavy atom. The van der Waals surface area contributed by atoms with Crippen molar-refractivity contribution in [2.45, 2.75) is 19.4 Å². The van der Waals surface area contributed by atoms with E-state index < -0.39 is 0 Å². The van der Waals surface area contributed by atoms with Crippen molar-refractivity contribution in [2.24, 2.45) is 0 Å². The van der Waals surface area contributed by atoms with Gasteiger partial charge in [-0.3, -0.25) is 4.79 Å². The van der Waals surface area contributed by atoms with Gasteiger partial charge in [0.1, 0.15) is 0 Å². The van der Waals surface area contributed by atoms with Gasteiger partial charge in [0.25, 0.3) is 5.91 Å². The normalized spacial score (nSPS) is 12.2. The van der Waals surface area contributed by atoms with E-state index in [2.05, 4.69) is 5.32 Å². The van der Waals surface area contributed by atoms with E-state index in [0.717, 1.165) is 5.56 Å². The van der Waals surface area contributed by atoms with Crippen LogP contribution in [0.2, 0.25) is 0 Å². The first kappa shape index (κ1) is 14.5. The molecule has 0 fully saturated rings. The number of aliphatic hydroxyl groups excluding tert-OH is 1. The minimum atomic E-state index is -0.190. The lowest BCUT2D eigenvalue weighted by Crippen LogP contribution is -2.39. The molecule has 18 heavy (non-hydrogen) atoms. The van der Waals surface area contributed by atoms with Crippen molar-refractivity contribution >= 4 is 11.6 Å². The number of hydrogen-bond acceptors (Lipinski definition) is 4. The lowest BCUT2D eigenvalue weighted by atomic mass is 10.1. The van der Waals surface area contributed by atoms with E-state index in [1.165, 1.54) is 0 Å². The molecule has 0 saturated carbocycles. The Hall–Kier alpha value is -1.59. The van der Waals surface area contributed by atoms with Crippen LogP contribution in [0.25, 0.3) is 0 Å². The van der Waals surface area contributed by atoms with Crippen LogP contribution in [0.3, 0.4) is 0 Å². The Kier molecular flexibility index (Phi) is 5.61. The molecule has 0 bridgehead atoms. The van der Waals surface area contributed by atoms with E-state index in [0.29, 0.717) is 24.3 Å². The molecule has 5 nitrogen and oxygen atoms in total. The molecule has 0 radical (unpaired) electrons. The fraction of sp³-hybridized carbons (Fsp3) is 0.462. The maximum atomic E-state index is 12.0. The molecule has 5 heteroatoms. The highest BCUT2D eigenvalue weighted by atomic mass is 16.5. The van der Waals surface area contributed by atoms with Gasteiger partial charge < -0.3 is 20.9 Å². The van der Waals surface area contributed by atoms with Gasteiger partial charge in [-0.05, 0) is 37.1 Å². The molecule has 1 aromatic rings. The Labute approximate surface area is 107 Å². The fourth-order valence-corrected chi connectivity index (χ4v) is 1.76. The van der Waals surface area contributed by atoms with E-state index in [9.17, 15) is 4.79 Å². The number of aryl methyl sites for hydroxylation is 1. The number of hydrogen-bond donors (Lipinski definition) is 3. The number of methoxy groups -OCH3 is 1. The number of nitrogen functional groups attached to an aromatic ring is 1. The molecule has 0 aliphatic rings. The van der Waals surface area contributed by atoms with Gasteiger partial charge in [-0.1, -0.05) is 0 Å². The third-order valence-corrected chi connectivity index (χ3v) is 2.68. The van der Waals surface area contributed by atoms with Crippen LogP contribution < -0.4 is 11.1 Å². The number of rotatable bonds is 6. The number of anilines is 1. The molecule has 0 heterocycles. The van der Waals surface area contributed by atoms with Crippen LogP contribution in [0.15, 0.2) is 18.2 Å². The van der Waals surface area contributed by atoms with E-state index >= 15 is 0 Å². The monoisotopic (exact) mass is 252 g/mol. The molecule has 0 saturated heterocycles. The van der Waals surface area contributed by atoms with Crippen molar-refractivity contribution in [3.63, 3.8) is 0 Å². The summed E-state index contributed by atoms with van der Waals surface area (Å²) in [5.41, 5.74) is 7.68. The van der Waals surface area contributed by atoms with Crippen molar-refractivity contribution in [3.8, 4) is 0 Å². The number of nitrogens with two attached hydrogens (primary N) is 1. The highest BCUT2D eigenvalue weighted by Gasteiger charge is 2.14. The van der Waals surface area contributed by atoms with Gasteiger partial charge in [0.2, 0.25) is 0 Å². The molecular formula is C13H20N2O3. The van der Waals surface area contributed by atoms with Crippen molar-refractivity contribution < 1.29 is 14.6 Å². The maximum absolute atomic E-state index is 12.0. The van der Waals surface area contributed by atoms with Crippen LogP contribution in [-0.2, 0) is 4.74 Å². The van der Waals surface area contributed by atoms with E-state index in [4.69, 9.17) is 15.6 Å². The van der Waals surface area contributed by atoms with Crippen molar-refractivity contribution in [2.75, 3.05) is 26.1 Å². The Bertz CT molecular complexity index is 401. The number of carbonyl (C=O) groups excluding carboxylic acids is 1. The number of ether oxygens (including phenoxy) is 1. The third kappa shape index (κ3) is 4.01. The molecule has 1 rings (SSSR count). The average molecular weight is 252 g/mol. The second-order valence-electron chi connectivity index (χ2n) is 4.21. The van der Waals surface area contributed by atoms with E-state index in [-0.39, 0.29) is 18.6 Å². The van der Waals surface area contributed by atoms with Gasteiger partial charge in [0.05, 0.1) is 12.6 Å². The first-order valence-electron chi connectivity index (χ1n) is 5.85. The number of carbonyl (C=O) groups is 1. The molecule has 0 aliphatic carbocycles. The topological polar surface area (TPSA) is 84.6 Å². The zero-order chi connectivity index (χ0) is 13.5. The predicted octanol–water partition coefficient (Wildman–Crippen LogP) is 0.704. The molecule has 0 aromatic heterocycles. The minimum absolute atomic E-state index is 0.00896. The summed E-state index contributed by atoms with van der Waals surface area (Å²) in [6.07, 6.45) is 0.466. The molecule has 0 aliphatic heterocycles. The van der Waals surface area contributed by atoms with Crippen molar-refractivity contribution in [3.05, 3.63) is 29.3 Å². The Morgan fingerprint density at radius 1 is 1.56 bits per heavy atom. The highest BCUT2D eigenvalue weighted by molar-refractivity contribution is 5.96. The summed E-state index contributed by atoms with van der Waals surface area (Å²) in [6.45, 7) is 2.22. The van der Waals surface area contributed by atoms with Gasteiger partial charge in [0.15, 0.2) is 0 Å². The molecule has 1 atom stereocenters. The van der Waals surface area contributed by atoms with Gasteiger partial charge in [0, 0.05) is 25.0 Å². The molecule has 100 valence electrons. The van der Waals surface area contributed by atoms with E-state index in [1.54, 1.807) is 25.3 Å². The maximum Gasteiger partial charge on any atom is 0.251 e. The predicted molar refractivity (Wildman–Crippen MR) is 70.4 cm³/mol. The first-order valence-corrected chi connectivity index (χ1v) is 5.85. The lowest BCUT2D eigenvalue weighted by Gasteiger charge is -2.17. The number of nitrogens with one attached hydrogen (secondary N) is 1. The van der Waals surface area contributed by atoms with Crippen LogP contribution in [0, 0.1) is 6.92 Å². The standard InChI is InChI=1S/C13H20N2O3/c1-9-7-10(14)3-4-12(9)13(17)15-11(5-6-16)8-18-2/h3-4,7,11,16H,5-6,8,14H2,1-2H3,(H,15,17). The number of benzene rings is 1. The first-order chi connectivity index (χ1) is 8.58. The van der Waals surface area contributed by atoms with Crippen LogP contribution in [-0.4, -0.2) is 37.4 Å². The number of amides is 1. The third-order valence-electron chi connectivity index (χ3n) is 2.68. The Balaban J connectivity index is 2.73. The second-order valence-corrected chi connectivity index (χ2v) is 4.21. The summed E-state index contributed by atoms with van der Waals surface area (Å²) < 4.78 is 5.00. The average Bonchev–Trinajstić information content (AvgIpc) is 2.29. The van der Waals surface area contributed by atoms with Gasteiger partial charge in [-0.15, -0.1) is 0 Å².